The van der Waals surface area contributed by atoms with Gasteiger partial charge in [0.05, 0.1) is 6.04 Å². The molecule has 82 valence electrons. The smallest absolute Gasteiger partial charge is 0.234 e. The average molecular weight is 199 g/mol. The minimum Gasteiger partial charge on any atom is -0.368 e. The molecule has 1 aliphatic rings. The standard InChI is InChI=1S/C10H21N3O/c1-2-9(10(12)14)13-5-3-4-8(6-11)7-13/h8-9H,2-7,11H2,1H3,(H2,12,14). The molecule has 0 aromatic rings. The summed E-state index contributed by atoms with van der Waals surface area (Å²) in [5, 5.41) is 0. The van der Waals surface area contributed by atoms with E-state index in [1.165, 1.54) is 6.42 Å². The van der Waals surface area contributed by atoms with E-state index in [1.54, 1.807) is 0 Å². The molecule has 4 heteroatoms. The molecule has 0 saturated carbocycles. The minimum absolute atomic E-state index is 0.0932. The molecule has 1 aliphatic heterocycles. The Morgan fingerprint density at radius 2 is 2.36 bits per heavy atom. The van der Waals surface area contributed by atoms with E-state index in [1.807, 2.05) is 6.92 Å². The van der Waals surface area contributed by atoms with Crippen molar-refractivity contribution in [1.29, 1.82) is 0 Å². The van der Waals surface area contributed by atoms with Gasteiger partial charge in [-0.05, 0) is 38.3 Å². The molecular weight excluding hydrogens is 178 g/mol. The van der Waals surface area contributed by atoms with Gasteiger partial charge in [-0.1, -0.05) is 6.92 Å². The lowest BCUT2D eigenvalue weighted by atomic mass is 9.96. The monoisotopic (exact) mass is 199 g/mol. The third kappa shape index (κ3) is 2.69. The number of hydrogen-bond acceptors (Lipinski definition) is 3. The highest BCUT2D eigenvalue weighted by atomic mass is 16.1. The number of carbonyl (C=O) groups is 1. The molecule has 0 spiro atoms. The highest BCUT2D eigenvalue weighted by Crippen LogP contribution is 2.18. The number of rotatable bonds is 4. The normalized spacial score (nSPS) is 26.0. The highest BCUT2D eigenvalue weighted by Gasteiger charge is 2.27. The zero-order chi connectivity index (χ0) is 10.6. The van der Waals surface area contributed by atoms with Crippen LogP contribution in [0.1, 0.15) is 26.2 Å². The summed E-state index contributed by atoms with van der Waals surface area (Å²) in [4.78, 5) is 13.4. The van der Waals surface area contributed by atoms with Crippen LogP contribution < -0.4 is 11.5 Å². The van der Waals surface area contributed by atoms with Crippen molar-refractivity contribution in [2.45, 2.75) is 32.2 Å². The van der Waals surface area contributed by atoms with Crippen LogP contribution in [-0.4, -0.2) is 36.5 Å². The van der Waals surface area contributed by atoms with E-state index in [0.717, 1.165) is 25.9 Å². The Labute approximate surface area is 85.6 Å². The van der Waals surface area contributed by atoms with Crippen molar-refractivity contribution in [2.24, 2.45) is 17.4 Å². The number of amides is 1. The third-order valence-electron chi connectivity index (χ3n) is 3.04. The summed E-state index contributed by atoms with van der Waals surface area (Å²) in [6.45, 7) is 4.63. The Morgan fingerprint density at radius 3 is 2.86 bits per heavy atom. The van der Waals surface area contributed by atoms with E-state index in [4.69, 9.17) is 11.5 Å². The summed E-state index contributed by atoms with van der Waals surface area (Å²) in [5.41, 5.74) is 11.0. The van der Waals surface area contributed by atoms with Gasteiger partial charge < -0.3 is 11.5 Å². The Kier molecular flexibility index (Phi) is 4.35. The van der Waals surface area contributed by atoms with Crippen LogP contribution in [0.3, 0.4) is 0 Å². The Morgan fingerprint density at radius 1 is 1.64 bits per heavy atom. The number of nitrogens with two attached hydrogens (primary N) is 2. The molecule has 14 heavy (non-hydrogen) atoms. The first-order valence-corrected chi connectivity index (χ1v) is 5.42. The van der Waals surface area contributed by atoms with Crippen molar-refractivity contribution < 1.29 is 4.79 Å². The second-order valence-electron chi connectivity index (χ2n) is 4.07. The van der Waals surface area contributed by atoms with Gasteiger partial charge >= 0.3 is 0 Å². The van der Waals surface area contributed by atoms with E-state index in [0.29, 0.717) is 12.5 Å². The first kappa shape index (κ1) is 11.5. The molecule has 1 rings (SSSR count). The molecule has 0 bridgehead atoms. The SMILES string of the molecule is CCC(C(N)=O)N1CCCC(CN)C1. The molecular formula is C10H21N3O. The van der Waals surface area contributed by atoms with Gasteiger partial charge in [0, 0.05) is 6.54 Å². The molecule has 2 atom stereocenters. The molecule has 1 heterocycles. The topological polar surface area (TPSA) is 72.4 Å². The van der Waals surface area contributed by atoms with E-state index >= 15 is 0 Å². The Balaban J connectivity index is 2.53. The van der Waals surface area contributed by atoms with Crippen molar-refractivity contribution in [2.75, 3.05) is 19.6 Å². The highest BCUT2D eigenvalue weighted by molar-refractivity contribution is 5.79. The van der Waals surface area contributed by atoms with Crippen molar-refractivity contribution in [3.63, 3.8) is 0 Å². The third-order valence-corrected chi connectivity index (χ3v) is 3.04. The van der Waals surface area contributed by atoms with Gasteiger partial charge in [-0.2, -0.15) is 0 Å². The molecule has 1 amide bonds. The largest absolute Gasteiger partial charge is 0.368 e. The van der Waals surface area contributed by atoms with Gasteiger partial charge in [0.1, 0.15) is 0 Å². The number of piperidine rings is 1. The lowest BCUT2D eigenvalue weighted by molar-refractivity contribution is -0.124. The quantitative estimate of drug-likeness (QED) is 0.665. The second-order valence-corrected chi connectivity index (χ2v) is 4.07. The van der Waals surface area contributed by atoms with Crippen LogP contribution in [0.4, 0.5) is 0 Å². The van der Waals surface area contributed by atoms with Crippen LogP contribution in [0.15, 0.2) is 0 Å². The predicted molar refractivity (Wildman–Crippen MR) is 56.6 cm³/mol. The Hall–Kier alpha value is -0.610. The van der Waals surface area contributed by atoms with Crippen molar-refractivity contribution in [3.8, 4) is 0 Å². The Bertz CT molecular complexity index is 196. The molecule has 2 unspecified atom stereocenters. The maximum atomic E-state index is 11.2. The molecule has 1 saturated heterocycles. The first-order valence-electron chi connectivity index (χ1n) is 5.42. The summed E-state index contributed by atoms with van der Waals surface area (Å²) in [6.07, 6.45) is 3.11. The molecule has 4 nitrogen and oxygen atoms in total. The summed E-state index contributed by atoms with van der Waals surface area (Å²) in [6, 6.07) is -0.0932. The van der Waals surface area contributed by atoms with E-state index in [2.05, 4.69) is 4.90 Å². The number of carbonyl (C=O) groups excluding carboxylic acids is 1. The van der Waals surface area contributed by atoms with Gasteiger partial charge in [0.2, 0.25) is 5.91 Å². The van der Waals surface area contributed by atoms with Gasteiger partial charge in [0.25, 0.3) is 0 Å². The fraction of sp³-hybridized carbons (Fsp3) is 0.900. The minimum atomic E-state index is -0.204. The fourth-order valence-electron chi connectivity index (χ4n) is 2.21. The van der Waals surface area contributed by atoms with E-state index in [9.17, 15) is 4.79 Å². The van der Waals surface area contributed by atoms with Crippen LogP contribution in [0.2, 0.25) is 0 Å². The van der Waals surface area contributed by atoms with Gasteiger partial charge in [-0.15, -0.1) is 0 Å². The summed E-state index contributed by atoms with van der Waals surface area (Å²) >= 11 is 0. The zero-order valence-electron chi connectivity index (χ0n) is 8.91. The van der Waals surface area contributed by atoms with Crippen LogP contribution in [0.25, 0.3) is 0 Å². The maximum Gasteiger partial charge on any atom is 0.234 e. The van der Waals surface area contributed by atoms with Crippen LogP contribution in [-0.2, 0) is 4.79 Å². The lowest BCUT2D eigenvalue weighted by Crippen LogP contribution is -2.49. The van der Waals surface area contributed by atoms with Crippen molar-refractivity contribution in [1.82, 2.24) is 4.90 Å². The van der Waals surface area contributed by atoms with Crippen molar-refractivity contribution in [3.05, 3.63) is 0 Å². The molecule has 0 aliphatic carbocycles. The number of primary amides is 1. The van der Waals surface area contributed by atoms with Crippen LogP contribution in [0.5, 0.6) is 0 Å². The molecule has 0 aromatic carbocycles. The van der Waals surface area contributed by atoms with Gasteiger partial charge in [-0.3, -0.25) is 9.69 Å². The maximum absolute atomic E-state index is 11.2. The van der Waals surface area contributed by atoms with Gasteiger partial charge in [0.15, 0.2) is 0 Å². The molecule has 1 fully saturated rings. The summed E-state index contributed by atoms with van der Waals surface area (Å²) in [5.74, 6) is 0.335. The number of nitrogens with zero attached hydrogens (tertiary/aromatic N) is 1. The lowest BCUT2D eigenvalue weighted by Gasteiger charge is -2.36. The second kappa shape index (κ2) is 5.32. The predicted octanol–water partition coefficient (Wildman–Crippen LogP) is -0.0790. The molecule has 0 radical (unpaired) electrons. The number of likely N-dealkylation sites (tertiary alicyclic amines) is 1. The first-order chi connectivity index (χ1) is 6.69. The van der Waals surface area contributed by atoms with Gasteiger partial charge in [-0.25, -0.2) is 0 Å². The van der Waals surface area contributed by atoms with E-state index < -0.39 is 0 Å². The van der Waals surface area contributed by atoms with Crippen LogP contribution >= 0.6 is 0 Å². The summed E-state index contributed by atoms with van der Waals surface area (Å²) in [7, 11) is 0. The fourth-order valence-corrected chi connectivity index (χ4v) is 2.21. The number of hydrogen-bond donors (Lipinski definition) is 2. The molecule has 4 N–H and O–H groups in total. The van der Waals surface area contributed by atoms with Crippen molar-refractivity contribution >= 4 is 5.91 Å². The van der Waals surface area contributed by atoms with Crippen LogP contribution in [0, 0.1) is 5.92 Å². The zero-order valence-corrected chi connectivity index (χ0v) is 8.91. The molecule has 0 aromatic heterocycles. The summed E-state index contributed by atoms with van der Waals surface area (Å²) < 4.78 is 0. The average Bonchev–Trinajstić information content (AvgIpc) is 2.19. The van der Waals surface area contributed by atoms with E-state index in [-0.39, 0.29) is 11.9 Å².